The number of halogens is 3. The number of imidazole rings is 1. The minimum Gasteiger partial charge on any atom is -0.383 e. The van der Waals surface area contributed by atoms with Crippen molar-refractivity contribution >= 4 is 45.2 Å². The first-order valence-electron chi connectivity index (χ1n) is 6.03. The fraction of sp³-hybridized carbons (Fsp3) is 0.462. The Balaban J connectivity index is 2.65. The minimum atomic E-state index is -0.234. The van der Waals surface area contributed by atoms with Crippen LogP contribution < -0.4 is 0 Å². The van der Waals surface area contributed by atoms with Gasteiger partial charge < -0.3 is 9.30 Å². The third kappa shape index (κ3) is 2.87. The van der Waals surface area contributed by atoms with E-state index in [1.165, 1.54) is 6.07 Å². The summed E-state index contributed by atoms with van der Waals surface area (Å²) in [6.07, 6.45) is 0.872. The second-order valence-corrected chi connectivity index (χ2v) is 5.73. The van der Waals surface area contributed by atoms with Crippen LogP contribution in [0.1, 0.15) is 25.2 Å². The number of alkyl halides is 1. The lowest BCUT2D eigenvalue weighted by Crippen LogP contribution is -2.16. The van der Waals surface area contributed by atoms with Crippen molar-refractivity contribution in [2.75, 3.05) is 13.7 Å². The van der Waals surface area contributed by atoms with Crippen molar-refractivity contribution in [2.45, 2.75) is 25.3 Å². The maximum atomic E-state index is 13.8. The van der Waals surface area contributed by atoms with Crippen molar-refractivity contribution < 1.29 is 9.13 Å². The van der Waals surface area contributed by atoms with Gasteiger partial charge in [0, 0.05) is 13.2 Å². The Bertz CT molecular complexity index is 588. The Kier molecular flexibility index (Phi) is 5.03. The van der Waals surface area contributed by atoms with Gasteiger partial charge in [0.05, 0.1) is 33.1 Å². The van der Waals surface area contributed by atoms with Crippen LogP contribution >= 0.6 is 34.2 Å². The molecule has 0 aliphatic carbocycles. The quantitative estimate of drug-likeness (QED) is 0.562. The Labute approximate surface area is 130 Å². The lowest BCUT2D eigenvalue weighted by Gasteiger charge is -2.19. The van der Waals surface area contributed by atoms with E-state index >= 15 is 0 Å². The van der Waals surface area contributed by atoms with Crippen molar-refractivity contribution in [3.63, 3.8) is 0 Å². The van der Waals surface area contributed by atoms with Gasteiger partial charge in [-0.05, 0) is 35.1 Å². The second kappa shape index (κ2) is 6.37. The van der Waals surface area contributed by atoms with E-state index in [1.54, 1.807) is 13.2 Å². The number of ether oxygens (including phenoxy) is 1. The van der Waals surface area contributed by atoms with Gasteiger partial charge in [-0.15, -0.1) is 11.6 Å². The molecule has 1 heterocycles. The van der Waals surface area contributed by atoms with Gasteiger partial charge in [0.1, 0.15) is 11.6 Å². The van der Waals surface area contributed by atoms with E-state index < -0.39 is 0 Å². The van der Waals surface area contributed by atoms with Crippen molar-refractivity contribution in [1.82, 2.24) is 9.55 Å². The lowest BCUT2D eigenvalue weighted by molar-refractivity contribution is 0.153. The highest BCUT2D eigenvalue weighted by molar-refractivity contribution is 14.1. The third-order valence-electron chi connectivity index (χ3n) is 3.12. The molecule has 2 rings (SSSR count). The summed E-state index contributed by atoms with van der Waals surface area (Å²) in [7, 11) is 1.66. The lowest BCUT2D eigenvalue weighted by atomic mass is 10.2. The molecule has 0 spiro atoms. The first-order valence-corrected chi connectivity index (χ1v) is 7.64. The molecule has 2 aromatic rings. The van der Waals surface area contributed by atoms with Crippen molar-refractivity contribution in [2.24, 2.45) is 0 Å². The summed E-state index contributed by atoms with van der Waals surface area (Å²) in [5, 5.41) is 0. The van der Waals surface area contributed by atoms with E-state index in [4.69, 9.17) is 16.3 Å². The van der Waals surface area contributed by atoms with E-state index in [2.05, 4.69) is 11.9 Å². The number of benzene rings is 1. The fourth-order valence-electron chi connectivity index (χ4n) is 2.21. The predicted octanol–water partition coefficient (Wildman–Crippen LogP) is 4.12. The van der Waals surface area contributed by atoms with Crippen LogP contribution in [0.2, 0.25) is 0 Å². The van der Waals surface area contributed by atoms with Gasteiger partial charge in [-0.3, -0.25) is 0 Å². The molecule has 0 bridgehead atoms. The van der Waals surface area contributed by atoms with E-state index in [9.17, 15) is 4.39 Å². The summed E-state index contributed by atoms with van der Waals surface area (Å²) in [6.45, 7) is 2.62. The highest BCUT2D eigenvalue weighted by Gasteiger charge is 2.18. The van der Waals surface area contributed by atoms with Crippen LogP contribution in [0.4, 0.5) is 4.39 Å². The second-order valence-electron chi connectivity index (χ2n) is 4.30. The van der Waals surface area contributed by atoms with Gasteiger partial charge >= 0.3 is 0 Å². The number of rotatable bonds is 5. The maximum Gasteiger partial charge on any atom is 0.138 e. The first kappa shape index (κ1) is 15.0. The molecule has 6 heteroatoms. The van der Waals surface area contributed by atoms with Crippen LogP contribution in [0.25, 0.3) is 11.0 Å². The number of fused-ring (bicyclic) bond motifs is 1. The smallest absolute Gasteiger partial charge is 0.138 e. The van der Waals surface area contributed by atoms with E-state index in [-0.39, 0.29) is 11.9 Å². The molecular formula is C13H15ClFIN2O. The maximum absolute atomic E-state index is 13.8. The summed E-state index contributed by atoms with van der Waals surface area (Å²) in [6, 6.07) is 3.39. The van der Waals surface area contributed by atoms with Crippen LogP contribution in [-0.2, 0) is 10.6 Å². The SMILES string of the molecule is CCC(COC)n1c(CCl)nc2cc(I)c(F)cc21. The predicted molar refractivity (Wildman–Crippen MR) is 83.2 cm³/mol. The topological polar surface area (TPSA) is 27.1 Å². The van der Waals surface area contributed by atoms with Crippen LogP contribution in [0.15, 0.2) is 12.1 Å². The zero-order valence-corrected chi connectivity index (χ0v) is 13.7. The number of methoxy groups -OCH3 is 1. The molecule has 1 unspecified atom stereocenters. The van der Waals surface area contributed by atoms with Crippen LogP contribution in [0, 0.1) is 9.39 Å². The standard InChI is InChI=1S/C13H15ClFIN2O/c1-3-8(7-19-2)18-12-4-9(15)10(16)5-11(12)17-13(18)6-14/h4-5,8H,3,6-7H2,1-2H3. The van der Waals surface area contributed by atoms with Gasteiger partial charge in [-0.1, -0.05) is 6.92 Å². The number of hydrogen-bond acceptors (Lipinski definition) is 2. The molecule has 0 amide bonds. The molecule has 19 heavy (non-hydrogen) atoms. The normalized spacial score (nSPS) is 13.1. The summed E-state index contributed by atoms with van der Waals surface area (Å²) in [5.74, 6) is 0.817. The minimum absolute atomic E-state index is 0.114. The van der Waals surface area contributed by atoms with Crippen LogP contribution in [0.3, 0.4) is 0 Å². The molecule has 1 aromatic carbocycles. The number of hydrogen-bond donors (Lipinski definition) is 0. The van der Waals surface area contributed by atoms with E-state index in [0.29, 0.717) is 16.1 Å². The molecule has 1 aromatic heterocycles. The summed E-state index contributed by atoms with van der Waals surface area (Å²) in [5.41, 5.74) is 1.55. The third-order valence-corrected chi connectivity index (χ3v) is 4.19. The fourth-order valence-corrected chi connectivity index (χ4v) is 2.85. The van der Waals surface area contributed by atoms with Gasteiger partial charge in [0.15, 0.2) is 0 Å². The molecule has 0 saturated carbocycles. The Morgan fingerprint density at radius 2 is 2.26 bits per heavy atom. The van der Waals surface area contributed by atoms with Gasteiger partial charge in [0.25, 0.3) is 0 Å². The van der Waals surface area contributed by atoms with Crippen molar-refractivity contribution in [3.8, 4) is 0 Å². The van der Waals surface area contributed by atoms with Crippen molar-refractivity contribution in [1.29, 1.82) is 0 Å². The van der Waals surface area contributed by atoms with Crippen LogP contribution in [0.5, 0.6) is 0 Å². The molecule has 3 nitrogen and oxygen atoms in total. The highest BCUT2D eigenvalue weighted by Crippen LogP contribution is 2.27. The Morgan fingerprint density at radius 1 is 1.53 bits per heavy atom. The Hall–Kier alpha value is -0.400. The molecule has 0 N–H and O–H groups in total. The molecule has 0 saturated heterocycles. The molecule has 104 valence electrons. The summed E-state index contributed by atoms with van der Waals surface area (Å²) < 4.78 is 21.6. The molecular weight excluding hydrogens is 382 g/mol. The van der Waals surface area contributed by atoms with E-state index in [1.807, 2.05) is 27.2 Å². The zero-order chi connectivity index (χ0) is 14.0. The van der Waals surface area contributed by atoms with E-state index in [0.717, 1.165) is 23.3 Å². The monoisotopic (exact) mass is 396 g/mol. The highest BCUT2D eigenvalue weighted by atomic mass is 127. The number of aromatic nitrogens is 2. The van der Waals surface area contributed by atoms with Gasteiger partial charge in [0.2, 0.25) is 0 Å². The molecule has 0 fully saturated rings. The largest absolute Gasteiger partial charge is 0.383 e. The van der Waals surface area contributed by atoms with Gasteiger partial charge in [-0.2, -0.15) is 0 Å². The Morgan fingerprint density at radius 3 is 2.84 bits per heavy atom. The average Bonchev–Trinajstić information content (AvgIpc) is 2.74. The zero-order valence-electron chi connectivity index (χ0n) is 10.8. The number of nitrogens with zero attached hydrogens (tertiary/aromatic N) is 2. The van der Waals surface area contributed by atoms with Crippen molar-refractivity contribution in [3.05, 3.63) is 27.3 Å². The molecule has 1 atom stereocenters. The summed E-state index contributed by atoms with van der Waals surface area (Å²) >= 11 is 7.93. The molecule has 0 aliphatic heterocycles. The first-order chi connectivity index (χ1) is 9.12. The molecule has 0 radical (unpaired) electrons. The van der Waals surface area contributed by atoms with Gasteiger partial charge in [-0.25, -0.2) is 9.37 Å². The van der Waals surface area contributed by atoms with Crippen LogP contribution in [-0.4, -0.2) is 23.3 Å². The average molecular weight is 397 g/mol. The summed E-state index contributed by atoms with van der Waals surface area (Å²) in [4.78, 5) is 4.49. The molecule has 0 aliphatic rings.